The highest BCUT2D eigenvalue weighted by Gasteiger charge is 2.45. The van der Waals surface area contributed by atoms with Crippen molar-refractivity contribution >= 4 is 67.2 Å². The molecular weight excluding hydrogens is 644 g/mol. The summed E-state index contributed by atoms with van der Waals surface area (Å²) < 4.78 is 66.1. The van der Waals surface area contributed by atoms with Gasteiger partial charge in [0.05, 0.1) is 9.13 Å². The molecular formula is C16H10F2I2O8S. The second-order valence-electron chi connectivity index (χ2n) is 5.39. The van der Waals surface area contributed by atoms with Crippen LogP contribution in [0, 0.1) is 7.14 Å². The van der Waals surface area contributed by atoms with Gasteiger partial charge >= 0.3 is 27.3 Å². The average Bonchev–Trinajstić information content (AvgIpc) is 2.62. The van der Waals surface area contributed by atoms with E-state index in [1.807, 2.05) is 45.2 Å². The molecule has 2 N–H and O–H groups in total. The number of phenolic OH excluding ortho intramolecular Hbond substituents is 1. The molecule has 0 spiro atoms. The summed E-state index contributed by atoms with van der Waals surface area (Å²) in [5.41, 5.74) is -0.440. The number of alkyl halides is 2. The lowest BCUT2D eigenvalue weighted by Gasteiger charge is -2.13. The van der Waals surface area contributed by atoms with Crippen LogP contribution in [0.5, 0.6) is 11.5 Å². The Morgan fingerprint density at radius 1 is 1.10 bits per heavy atom. The summed E-state index contributed by atoms with van der Waals surface area (Å²) in [5, 5.41) is 5.32. The summed E-state index contributed by atoms with van der Waals surface area (Å²) in [4.78, 5) is 24.1. The van der Waals surface area contributed by atoms with Crippen LogP contribution in [0.1, 0.15) is 20.7 Å². The van der Waals surface area contributed by atoms with Crippen LogP contribution in [0.15, 0.2) is 36.4 Å². The molecule has 0 unspecified atom stereocenters. The van der Waals surface area contributed by atoms with Crippen molar-refractivity contribution in [1.29, 1.82) is 0 Å². The van der Waals surface area contributed by atoms with Gasteiger partial charge < -0.3 is 14.6 Å². The highest BCUT2D eigenvalue weighted by atomic mass is 127. The molecule has 0 aliphatic carbocycles. The number of halogens is 4. The molecule has 0 heterocycles. The first kappa shape index (κ1) is 23.7. The first-order valence-electron chi connectivity index (χ1n) is 7.34. The van der Waals surface area contributed by atoms with Crippen molar-refractivity contribution in [2.75, 3.05) is 6.61 Å². The van der Waals surface area contributed by atoms with Crippen LogP contribution in [0.25, 0.3) is 0 Å². The molecule has 2 aromatic carbocycles. The van der Waals surface area contributed by atoms with Gasteiger partial charge in [0.1, 0.15) is 17.1 Å². The van der Waals surface area contributed by atoms with Crippen molar-refractivity contribution in [2.45, 2.75) is 5.25 Å². The van der Waals surface area contributed by atoms with Crippen LogP contribution >= 0.6 is 45.2 Å². The molecule has 0 radical (unpaired) electrons. The van der Waals surface area contributed by atoms with Gasteiger partial charge in [-0.1, -0.05) is 6.07 Å². The molecule has 156 valence electrons. The Morgan fingerprint density at radius 3 is 2.38 bits per heavy atom. The van der Waals surface area contributed by atoms with Crippen molar-refractivity contribution in [3.63, 3.8) is 0 Å². The van der Waals surface area contributed by atoms with Crippen LogP contribution < -0.4 is 4.74 Å². The number of benzene rings is 2. The molecule has 0 saturated heterocycles. The number of carbonyl (C=O) groups is 2. The molecule has 0 bridgehead atoms. The minimum atomic E-state index is -5.75. The Labute approximate surface area is 190 Å². The largest absolute Gasteiger partial charge is 0.506 e. The van der Waals surface area contributed by atoms with Crippen molar-refractivity contribution in [1.82, 2.24) is 0 Å². The summed E-state index contributed by atoms with van der Waals surface area (Å²) in [6.07, 6.45) is 0. The van der Waals surface area contributed by atoms with E-state index in [-0.39, 0.29) is 22.6 Å². The number of hydrogen-bond donors (Lipinski definition) is 2. The molecule has 2 rings (SSSR count). The minimum Gasteiger partial charge on any atom is -0.506 e. The zero-order chi connectivity index (χ0) is 22.0. The van der Waals surface area contributed by atoms with E-state index < -0.39 is 33.9 Å². The zero-order valence-electron chi connectivity index (χ0n) is 13.9. The van der Waals surface area contributed by atoms with Gasteiger partial charge in [-0.3, -0.25) is 4.55 Å². The third-order valence-electron chi connectivity index (χ3n) is 3.28. The van der Waals surface area contributed by atoms with Gasteiger partial charge in [0.15, 0.2) is 6.61 Å². The number of rotatable bonds is 6. The number of aromatic hydroxyl groups is 1. The van der Waals surface area contributed by atoms with Crippen LogP contribution in [0.3, 0.4) is 0 Å². The van der Waals surface area contributed by atoms with Crippen LogP contribution in [0.4, 0.5) is 8.78 Å². The summed E-state index contributed by atoms with van der Waals surface area (Å²) >= 11 is 3.77. The van der Waals surface area contributed by atoms with Gasteiger partial charge in [-0.25, -0.2) is 9.59 Å². The van der Waals surface area contributed by atoms with Crippen LogP contribution in [-0.4, -0.2) is 41.9 Å². The minimum absolute atomic E-state index is 0.123. The summed E-state index contributed by atoms with van der Waals surface area (Å²) in [7, 11) is -5.75. The second-order valence-corrected chi connectivity index (χ2v) is 9.34. The maximum atomic E-state index is 13.1. The lowest BCUT2D eigenvalue weighted by molar-refractivity contribution is -0.00952. The van der Waals surface area contributed by atoms with Gasteiger partial charge in [0.2, 0.25) is 0 Å². The highest BCUT2D eigenvalue weighted by Crippen LogP contribution is 2.28. The monoisotopic (exact) mass is 654 g/mol. The Hall–Kier alpha value is -1.59. The Balaban J connectivity index is 2.16. The van der Waals surface area contributed by atoms with Crippen molar-refractivity contribution < 1.29 is 45.9 Å². The van der Waals surface area contributed by atoms with Gasteiger partial charge in [-0.15, -0.1) is 0 Å². The van der Waals surface area contributed by atoms with E-state index in [4.69, 9.17) is 9.29 Å². The third-order valence-corrected chi connectivity index (χ3v) is 5.59. The first-order chi connectivity index (χ1) is 13.3. The molecule has 0 aliphatic heterocycles. The average molecular weight is 654 g/mol. The zero-order valence-corrected chi connectivity index (χ0v) is 19.1. The van der Waals surface area contributed by atoms with Crippen LogP contribution in [0.2, 0.25) is 0 Å². The molecule has 0 atom stereocenters. The number of ether oxygens (including phenoxy) is 2. The maximum absolute atomic E-state index is 13.1. The molecule has 0 aromatic heterocycles. The lowest BCUT2D eigenvalue weighted by Crippen LogP contribution is -2.34. The fraction of sp³-hybridized carbons (Fsp3) is 0.125. The normalized spacial score (nSPS) is 11.8. The third kappa shape index (κ3) is 5.95. The molecule has 0 fully saturated rings. The van der Waals surface area contributed by atoms with E-state index in [0.29, 0.717) is 7.14 Å². The predicted octanol–water partition coefficient (Wildman–Crippen LogP) is 3.46. The summed E-state index contributed by atoms with van der Waals surface area (Å²) in [6.45, 7) is -1.90. The van der Waals surface area contributed by atoms with Crippen molar-refractivity contribution in [2.24, 2.45) is 0 Å². The van der Waals surface area contributed by atoms with E-state index in [1.54, 1.807) is 6.07 Å². The lowest BCUT2D eigenvalue weighted by atomic mass is 10.2. The molecule has 0 amide bonds. The summed E-state index contributed by atoms with van der Waals surface area (Å²) in [5.74, 6) is -2.71. The highest BCUT2D eigenvalue weighted by molar-refractivity contribution is 14.1. The van der Waals surface area contributed by atoms with E-state index in [0.717, 1.165) is 12.1 Å². The summed E-state index contributed by atoms with van der Waals surface area (Å²) in [6, 6.07) is 7.72. The standard InChI is InChI=1S/C16H10F2I2O8S/c17-16(18,29(24,25)26)7-27-14(22)8-2-1-3-10(4-8)28-15(23)11-5-9(19)6-12(20)13(11)21/h1-6,21H,7H2,(H,24,25,26). The van der Waals surface area contributed by atoms with Crippen molar-refractivity contribution in [3.8, 4) is 11.5 Å². The Kier molecular flexibility index (Phi) is 7.39. The fourth-order valence-electron chi connectivity index (χ4n) is 1.88. The quantitative estimate of drug-likeness (QED) is 0.210. The molecule has 2 aromatic rings. The number of hydrogen-bond acceptors (Lipinski definition) is 7. The SMILES string of the molecule is O=C(OCC(F)(F)S(=O)(=O)O)c1cccc(OC(=O)c2cc(I)cc(I)c2O)c1. The smallest absolute Gasteiger partial charge is 0.402 e. The first-order valence-corrected chi connectivity index (χ1v) is 10.9. The van der Waals surface area contributed by atoms with E-state index in [9.17, 15) is 31.9 Å². The Bertz CT molecular complexity index is 1070. The maximum Gasteiger partial charge on any atom is 0.402 e. The number of carbonyl (C=O) groups excluding carboxylic acids is 2. The van der Waals surface area contributed by atoms with E-state index in [2.05, 4.69) is 4.74 Å². The van der Waals surface area contributed by atoms with Gasteiger partial charge in [-0.05, 0) is 75.5 Å². The molecule has 13 heteroatoms. The van der Waals surface area contributed by atoms with E-state index in [1.165, 1.54) is 18.2 Å². The van der Waals surface area contributed by atoms with Crippen LogP contribution in [-0.2, 0) is 14.9 Å². The molecule has 8 nitrogen and oxygen atoms in total. The van der Waals surface area contributed by atoms with Gasteiger partial charge in [-0.2, -0.15) is 17.2 Å². The van der Waals surface area contributed by atoms with Crippen molar-refractivity contribution in [3.05, 3.63) is 54.7 Å². The number of esters is 2. The molecule has 0 saturated carbocycles. The molecule has 29 heavy (non-hydrogen) atoms. The topological polar surface area (TPSA) is 127 Å². The second kappa shape index (κ2) is 9.05. The fourth-order valence-corrected chi connectivity index (χ4v) is 3.93. The predicted molar refractivity (Wildman–Crippen MR) is 112 cm³/mol. The van der Waals surface area contributed by atoms with Gasteiger partial charge in [0, 0.05) is 3.57 Å². The van der Waals surface area contributed by atoms with Gasteiger partial charge in [0.25, 0.3) is 0 Å². The number of phenols is 1. The Morgan fingerprint density at radius 2 is 1.76 bits per heavy atom. The van der Waals surface area contributed by atoms with E-state index >= 15 is 0 Å². The molecule has 0 aliphatic rings.